The number of carbonyl (C=O) groups excluding carboxylic acids is 3. The molecule has 2 heterocycles. The van der Waals surface area contributed by atoms with Gasteiger partial charge in [-0.15, -0.1) is 0 Å². The first-order valence-electron chi connectivity index (χ1n) is 14.3. The number of nitrogens with one attached hydrogen (secondary N) is 2. The molecule has 2 aromatic rings. The molecule has 10 heteroatoms. The van der Waals surface area contributed by atoms with Gasteiger partial charge in [0.15, 0.2) is 0 Å². The largest absolute Gasteiger partial charge is 0.465 e. The van der Waals surface area contributed by atoms with E-state index in [-0.39, 0.29) is 30.9 Å². The van der Waals surface area contributed by atoms with Crippen LogP contribution in [0.5, 0.6) is 0 Å². The Hall–Kier alpha value is -3.01. The number of rotatable bonds is 16. The van der Waals surface area contributed by atoms with Gasteiger partial charge < -0.3 is 20.7 Å². The van der Waals surface area contributed by atoms with Crippen LogP contribution in [0.3, 0.4) is 0 Å². The van der Waals surface area contributed by atoms with Gasteiger partial charge in [0.1, 0.15) is 6.04 Å². The fraction of sp³-hybridized carbons (Fsp3) is 0.533. The summed E-state index contributed by atoms with van der Waals surface area (Å²) in [5.74, 6) is -0.807. The molecule has 1 fully saturated rings. The van der Waals surface area contributed by atoms with Crippen LogP contribution in [0.15, 0.2) is 42.6 Å². The number of aromatic nitrogens is 1. The molecule has 0 radical (unpaired) electrons. The van der Waals surface area contributed by atoms with Crippen molar-refractivity contribution in [3.05, 3.63) is 64.4 Å². The van der Waals surface area contributed by atoms with Gasteiger partial charge in [-0.3, -0.25) is 24.7 Å². The highest BCUT2D eigenvalue weighted by Crippen LogP contribution is 2.21. The van der Waals surface area contributed by atoms with Crippen molar-refractivity contribution in [1.29, 1.82) is 0 Å². The summed E-state index contributed by atoms with van der Waals surface area (Å²) in [6.45, 7) is 3.51. The van der Waals surface area contributed by atoms with Crippen molar-refractivity contribution < 1.29 is 19.1 Å². The standard InChI is InChI=1S/C30H42ClN5O4/c1-2-3-4-7-17-40-28(37)21-34-26(14-13-25-9-5-6-15-33-25)30(39)36-16-8-10-27(36)29(38)35-20-23-18-24(31)12-11-22(23)19-32/h5-6,9,11-12,15,18,26-27,34H,2-4,7-8,10,13-14,16-17,19-21,32H2,1H3,(H,35,38)/t26-,27+/m1/s1. The lowest BCUT2D eigenvalue weighted by molar-refractivity contribution is -0.144. The summed E-state index contributed by atoms with van der Waals surface area (Å²) in [6.07, 6.45) is 8.07. The van der Waals surface area contributed by atoms with Gasteiger partial charge in [-0.25, -0.2) is 0 Å². The third kappa shape index (κ3) is 9.87. The number of aryl methyl sites for hydroxylation is 1. The lowest BCUT2D eigenvalue weighted by Crippen LogP contribution is -2.53. The highest BCUT2D eigenvalue weighted by Gasteiger charge is 2.37. The predicted octanol–water partition coefficient (Wildman–Crippen LogP) is 3.52. The van der Waals surface area contributed by atoms with Gasteiger partial charge in [0, 0.05) is 36.5 Å². The fourth-order valence-corrected chi connectivity index (χ4v) is 5.08. The Balaban J connectivity index is 1.62. The van der Waals surface area contributed by atoms with Crippen LogP contribution in [-0.2, 0) is 38.6 Å². The Morgan fingerprint density at radius 1 is 1.18 bits per heavy atom. The summed E-state index contributed by atoms with van der Waals surface area (Å²) in [6, 6.07) is 9.83. The number of unbranched alkanes of at least 4 members (excludes halogenated alkanes) is 3. The molecule has 9 nitrogen and oxygen atoms in total. The molecule has 218 valence electrons. The highest BCUT2D eigenvalue weighted by atomic mass is 35.5. The smallest absolute Gasteiger partial charge is 0.319 e. The molecule has 1 aliphatic heterocycles. The van der Waals surface area contributed by atoms with E-state index < -0.39 is 12.1 Å². The number of esters is 1. The Kier molecular flexibility index (Phi) is 13.4. The summed E-state index contributed by atoms with van der Waals surface area (Å²) in [5, 5.41) is 6.63. The molecule has 0 saturated carbocycles. The number of halogens is 1. The normalized spacial score (nSPS) is 15.6. The van der Waals surface area contributed by atoms with Crippen LogP contribution in [0.2, 0.25) is 5.02 Å². The lowest BCUT2D eigenvalue weighted by atomic mass is 10.1. The van der Waals surface area contributed by atoms with E-state index in [2.05, 4.69) is 22.5 Å². The fourth-order valence-electron chi connectivity index (χ4n) is 4.89. The van der Waals surface area contributed by atoms with Crippen LogP contribution in [-0.4, -0.2) is 59.4 Å². The van der Waals surface area contributed by atoms with Gasteiger partial charge in [-0.05, 0) is 67.5 Å². The number of hydrogen-bond acceptors (Lipinski definition) is 7. The first-order chi connectivity index (χ1) is 19.4. The Bertz CT molecular complexity index is 1100. The summed E-state index contributed by atoms with van der Waals surface area (Å²) in [4.78, 5) is 45.3. The third-order valence-corrected chi connectivity index (χ3v) is 7.38. The van der Waals surface area contributed by atoms with Crippen LogP contribution < -0.4 is 16.4 Å². The van der Waals surface area contributed by atoms with Gasteiger partial charge in [0.25, 0.3) is 0 Å². The molecule has 1 aromatic heterocycles. The molecule has 3 rings (SSSR count). The minimum absolute atomic E-state index is 0.0757. The Labute approximate surface area is 242 Å². The number of ether oxygens (including phenoxy) is 1. The quantitative estimate of drug-likeness (QED) is 0.208. The Morgan fingerprint density at radius 3 is 2.77 bits per heavy atom. The average molecular weight is 572 g/mol. The van der Waals surface area contributed by atoms with E-state index in [1.165, 1.54) is 0 Å². The molecule has 40 heavy (non-hydrogen) atoms. The highest BCUT2D eigenvalue weighted by molar-refractivity contribution is 6.30. The number of likely N-dealkylation sites (tertiary alicyclic amines) is 1. The first-order valence-corrected chi connectivity index (χ1v) is 14.6. The molecule has 1 saturated heterocycles. The van der Waals surface area contributed by atoms with Crippen LogP contribution in [0.25, 0.3) is 0 Å². The van der Waals surface area contributed by atoms with Crippen molar-refractivity contribution in [3.8, 4) is 0 Å². The molecule has 2 atom stereocenters. The second-order valence-electron chi connectivity index (χ2n) is 10.1. The first kappa shape index (κ1) is 31.5. The minimum Gasteiger partial charge on any atom is -0.465 e. The molecule has 1 aromatic carbocycles. The number of pyridine rings is 1. The van der Waals surface area contributed by atoms with E-state index in [0.29, 0.717) is 44.0 Å². The molecule has 0 bridgehead atoms. The monoisotopic (exact) mass is 571 g/mol. The van der Waals surface area contributed by atoms with Crippen molar-refractivity contribution in [1.82, 2.24) is 20.5 Å². The molecule has 0 spiro atoms. The Morgan fingerprint density at radius 2 is 2.02 bits per heavy atom. The molecule has 4 N–H and O–H groups in total. The maximum absolute atomic E-state index is 13.7. The minimum atomic E-state index is -0.653. The summed E-state index contributed by atoms with van der Waals surface area (Å²) < 4.78 is 5.35. The van der Waals surface area contributed by atoms with Crippen molar-refractivity contribution >= 4 is 29.4 Å². The number of nitrogens with two attached hydrogens (primary N) is 1. The number of amides is 2. The molecule has 0 aliphatic carbocycles. The number of hydrogen-bond donors (Lipinski definition) is 3. The molecule has 0 unspecified atom stereocenters. The zero-order chi connectivity index (χ0) is 28.7. The van der Waals surface area contributed by atoms with Crippen LogP contribution in [0, 0.1) is 0 Å². The zero-order valence-electron chi connectivity index (χ0n) is 23.4. The number of benzene rings is 1. The molecule has 2 amide bonds. The molecule has 1 aliphatic rings. The van der Waals surface area contributed by atoms with Gasteiger partial charge in [-0.1, -0.05) is 49.9 Å². The molecular weight excluding hydrogens is 530 g/mol. The zero-order valence-corrected chi connectivity index (χ0v) is 24.1. The van der Waals surface area contributed by atoms with E-state index >= 15 is 0 Å². The van der Waals surface area contributed by atoms with E-state index in [9.17, 15) is 14.4 Å². The maximum atomic E-state index is 13.7. The van der Waals surface area contributed by atoms with Crippen LogP contribution in [0.1, 0.15) is 68.7 Å². The van der Waals surface area contributed by atoms with Gasteiger partial charge in [0.2, 0.25) is 11.8 Å². The van der Waals surface area contributed by atoms with E-state index in [0.717, 1.165) is 48.9 Å². The molecular formula is C30H42ClN5O4. The number of carbonyl (C=O) groups is 3. The van der Waals surface area contributed by atoms with Crippen molar-refractivity contribution in [3.63, 3.8) is 0 Å². The van der Waals surface area contributed by atoms with E-state index in [4.69, 9.17) is 22.1 Å². The predicted molar refractivity (Wildman–Crippen MR) is 155 cm³/mol. The van der Waals surface area contributed by atoms with Crippen molar-refractivity contribution in [2.75, 3.05) is 19.7 Å². The average Bonchev–Trinajstić information content (AvgIpc) is 3.46. The van der Waals surface area contributed by atoms with Crippen LogP contribution in [0.4, 0.5) is 0 Å². The summed E-state index contributed by atoms with van der Waals surface area (Å²) >= 11 is 6.14. The van der Waals surface area contributed by atoms with E-state index in [1.807, 2.05) is 24.3 Å². The summed E-state index contributed by atoms with van der Waals surface area (Å²) in [7, 11) is 0. The van der Waals surface area contributed by atoms with Gasteiger partial charge in [-0.2, -0.15) is 0 Å². The van der Waals surface area contributed by atoms with E-state index in [1.54, 1.807) is 23.2 Å². The van der Waals surface area contributed by atoms with Crippen molar-refractivity contribution in [2.45, 2.75) is 83.5 Å². The second kappa shape index (κ2) is 16.9. The maximum Gasteiger partial charge on any atom is 0.319 e. The second-order valence-corrected chi connectivity index (χ2v) is 10.5. The van der Waals surface area contributed by atoms with Gasteiger partial charge in [0.05, 0.1) is 19.2 Å². The topological polar surface area (TPSA) is 127 Å². The number of nitrogens with zero attached hydrogens (tertiary/aromatic N) is 2. The van der Waals surface area contributed by atoms with Crippen LogP contribution >= 0.6 is 11.6 Å². The lowest BCUT2D eigenvalue weighted by Gasteiger charge is -2.29. The third-order valence-electron chi connectivity index (χ3n) is 7.15. The van der Waals surface area contributed by atoms with Gasteiger partial charge >= 0.3 is 5.97 Å². The van der Waals surface area contributed by atoms with Crippen molar-refractivity contribution in [2.24, 2.45) is 5.73 Å². The SMILES string of the molecule is CCCCCCOC(=O)CN[C@H](CCc1ccccn1)C(=O)N1CCC[C@H]1C(=O)NCc1cc(Cl)ccc1CN. The summed E-state index contributed by atoms with van der Waals surface area (Å²) in [5.41, 5.74) is 8.45.